The number of nitrogens with two attached hydrogens (primary N) is 1. The van der Waals surface area contributed by atoms with Crippen molar-refractivity contribution in [3.8, 4) is 11.8 Å². The first-order valence-corrected chi connectivity index (χ1v) is 5.62. The van der Waals surface area contributed by atoms with Gasteiger partial charge in [-0.3, -0.25) is 0 Å². The van der Waals surface area contributed by atoms with Crippen LogP contribution in [0.4, 0.5) is 0 Å². The summed E-state index contributed by atoms with van der Waals surface area (Å²) >= 11 is 1.53. The average Bonchev–Trinajstić information content (AvgIpc) is 2.82. The van der Waals surface area contributed by atoms with Crippen LogP contribution in [0.3, 0.4) is 0 Å². The van der Waals surface area contributed by atoms with Crippen LogP contribution in [-0.2, 0) is 0 Å². The molecule has 1 heterocycles. The van der Waals surface area contributed by atoms with E-state index in [1.54, 1.807) is 12.1 Å². The number of aromatic hydroxyl groups is 1. The molecule has 2 rings (SSSR count). The number of hydrogen-bond acceptors (Lipinski definition) is 4. The Kier molecular flexibility index (Phi) is 2.91. The minimum Gasteiger partial charge on any atom is -0.508 e. The van der Waals surface area contributed by atoms with Gasteiger partial charge in [0.1, 0.15) is 5.75 Å². The summed E-state index contributed by atoms with van der Waals surface area (Å²) in [6.45, 7) is 0. The van der Waals surface area contributed by atoms with Crippen molar-refractivity contribution in [3.63, 3.8) is 0 Å². The minimum absolute atomic E-state index is 0.125. The van der Waals surface area contributed by atoms with Gasteiger partial charge in [-0.2, -0.15) is 5.26 Å². The Labute approximate surface area is 97.4 Å². The van der Waals surface area contributed by atoms with E-state index in [4.69, 9.17) is 11.0 Å². The van der Waals surface area contributed by atoms with Crippen LogP contribution < -0.4 is 5.73 Å². The third-order valence-electron chi connectivity index (χ3n) is 2.34. The van der Waals surface area contributed by atoms with Crippen LogP contribution in [0.5, 0.6) is 5.75 Å². The van der Waals surface area contributed by atoms with Crippen molar-refractivity contribution in [2.75, 3.05) is 0 Å². The molecule has 0 aliphatic rings. The molecule has 0 aliphatic heterocycles. The van der Waals surface area contributed by atoms with Crippen LogP contribution in [0.1, 0.15) is 22.0 Å². The van der Waals surface area contributed by atoms with Gasteiger partial charge in [0, 0.05) is 10.4 Å². The summed E-state index contributed by atoms with van der Waals surface area (Å²) in [5.41, 5.74) is 7.11. The predicted octanol–water partition coefficient (Wildman–Crippen LogP) is 2.37. The molecule has 0 saturated heterocycles. The highest BCUT2D eigenvalue weighted by molar-refractivity contribution is 7.10. The van der Waals surface area contributed by atoms with Gasteiger partial charge in [0.05, 0.1) is 17.7 Å². The lowest BCUT2D eigenvalue weighted by molar-refractivity contribution is 0.465. The summed E-state index contributed by atoms with van der Waals surface area (Å²) in [5.74, 6) is 0.125. The van der Waals surface area contributed by atoms with Crippen molar-refractivity contribution >= 4 is 11.3 Å². The maximum absolute atomic E-state index is 9.71. The molecule has 3 N–H and O–H groups in total. The third kappa shape index (κ3) is 1.91. The van der Waals surface area contributed by atoms with E-state index in [2.05, 4.69) is 0 Å². The molecule has 80 valence electrons. The van der Waals surface area contributed by atoms with E-state index in [9.17, 15) is 5.11 Å². The predicted molar refractivity (Wildman–Crippen MR) is 63.2 cm³/mol. The standard InChI is InChI=1S/C12H10N2OS/c13-7-8-3-4-10(15)9(6-8)12(14)11-2-1-5-16-11/h1-6,12,15H,14H2/t12-/m0/s1. The fourth-order valence-corrected chi connectivity index (χ4v) is 2.24. The molecule has 0 fully saturated rings. The molecular formula is C12H10N2OS. The molecule has 0 radical (unpaired) electrons. The Morgan fingerprint density at radius 2 is 2.19 bits per heavy atom. The van der Waals surface area contributed by atoms with E-state index in [1.165, 1.54) is 17.4 Å². The van der Waals surface area contributed by atoms with E-state index >= 15 is 0 Å². The number of nitrogens with zero attached hydrogens (tertiary/aromatic N) is 1. The number of thiophene rings is 1. The van der Waals surface area contributed by atoms with Crippen LogP contribution in [-0.4, -0.2) is 5.11 Å². The van der Waals surface area contributed by atoms with Crippen molar-refractivity contribution < 1.29 is 5.11 Å². The van der Waals surface area contributed by atoms with Gasteiger partial charge in [-0.15, -0.1) is 11.3 Å². The molecular weight excluding hydrogens is 220 g/mol. The lowest BCUT2D eigenvalue weighted by Crippen LogP contribution is -2.10. The molecule has 0 aliphatic carbocycles. The van der Waals surface area contributed by atoms with Crippen LogP contribution in [0.25, 0.3) is 0 Å². The van der Waals surface area contributed by atoms with Gasteiger partial charge in [-0.05, 0) is 29.6 Å². The van der Waals surface area contributed by atoms with Crippen molar-refractivity contribution in [3.05, 3.63) is 51.7 Å². The Hall–Kier alpha value is -1.83. The molecule has 2 aromatic rings. The largest absolute Gasteiger partial charge is 0.508 e. The quantitative estimate of drug-likeness (QED) is 0.832. The first kappa shape index (κ1) is 10.7. The van der Waals surface area contributed by atoms with Crippen LogP contribution in [0.15, 0.2) is 35.7 Å². The molecule has 1 aromatic carbocycles. The van der Waals surface area contributed by atoms with E-state index in [1.807, 2.05) is 23.6 Å². The Balaban J connectivity index is 2.44. The summed E-state index contributed by atoms with van der Waals surface area (Å²) in [4.78, 5) is 0.963. The number of nitriles is 1. The van der Waals surface area contributed by atoms with E-state index in [-0.39, 0.29) is 11.8 Å². The maximum Gasteiger partial charge on any atom is 0.120 e. The molecule has 0 unspecified atom stereocenters. The Morgan fingerprint density at radius 3 is 2.81 bits per heavy atom. The third-order valence-corrected chi connectivity index (χ3v) is 3.30. The Bertz CT molecular complexity index is 528. The lowest BCUT2D eigenvalue weighted by atomic mass is 10.0. The van der Waals surface area contributed by atoms with Gasteiger partial charge < -0.3 is 10.8 Å². The summed E-state index contributed by atoms with van der Waals surface area (Å²) in [7, 11) is 0. The number of rotatable bonds is 2. The SMILES string of the molecule is N#Cc1ccc(O)c([C@H](N)c2cccs2)c1. The van der Waals surface area contributed by atoms with Crippen molar-refractivity contribution in [2.45, 2.75) is 6.04 Å². The van der Waals surface area contributed by atoms with Gasteiger partial charge in [-0.1, -0.05) is 6.07 Å². The molecule has 0 amide bonds. The Morgan fingerprint density at radius 1 is 1.38 bits per heavy atom. The fourth-order valence-electron chi connectivity index (χ4n) is 1.49. The summed E-state index contributed by atoms with van der Waals surface area (Å²) in [5, 5.41) is 20.4. The second-order valence-corrected chi connectivity index (χ2v) is 4.36. The average molecular weight is 230 g/mol. The zero-order chi connectivity index (χ0) is 11.5. The van der Waals surface area contributed by atoms with Gasteiger partial charge >= 0.3 is 0 Å². The van der Waals surface area contributed by atoms with E-state index < -0.39 is 0 Å². The lowest BCUT2D eigenvalue weighted by Gasteiger charge is -2.12. The molecule has 3 nitrogen and oxygen atoms in total. The highest BCUT2D eigenvalue weighted by Gasteiger charge is 2.14. The molecule has 4 heteroatoms. The zero-order valence-corrected chi connectivity index (χ0v) is 9.24. The van der Waals surface area contributed by atoms with Crippen molar-refractivity contribution in [1.29, 1.82) is 5.26 Å². The van der Waals surface area contributed by atoms with Gasteiger partial charge in [0.25, 0.3) is 0 Å². The summed E-state index contributed by atoms with van der Waals surface area (Å²) in [6.07, 6.45) is 0. The minimum atomic E-state index is -0.381. The maximum atomic E-state index is 9.71. The van der Waals surface area contributed by atoms with E-state index in [0.29, 0.717) is 11.1 Å². The van der Waals surface area contributed by atoms with Crippen LogP contribution in [0, 0.1) is 11.3 Å². The first-order valence-electron chi connectivity index (χ1n) is 4.74. The highest BCUT2D eigenvalue weighted by Crippen LogP contribution is 2.30. The molecule has 1 aromatic heterocycles. The molecule has 0 saturated carbocycles. The van der Waals surface area contributed by atoms with E-state index in [0.717, 1.165) is 4.88 Å². The first-order chi connectivity index (χ1) is 7.72. The van der Waals surface area contributed by atoms with Crippen molar-refractivity contribution in [1.82, 2.24) is 0 Å². The zero-order valence-electron chi connectivity index (χ0n) is 8.42. The van der Waals surface area contributed by atoms with Gasteiger partial charge in [0.15, 0.2) is 0 Å². The normalized spacial score (nSPS) is 12.0. The number of hydrogen-bond donors (Lipinski definition) is 2. The molecule has 16 heavy (non-hydrogen) atoms. The number of phenols is 1. The number of benzene rings is 1. The smallest absolute Gasteiger partial charge is 0.120 e. The molecule has 0 bridgehead atoms. The topological polar surface area (TPSA) is 70.0 Å². The monoisotopic (exact) mass is 230 g/mol. The fraction of sp³-hybridized carbons (Fsp3) is 0.0833. The second-order valence-electron chi connectivity index (χ2n) is 3.38. The summed E-state index contributed by atoms with van der Waals surface area (Å²) in [6, 6.07) is 10.2. The van der Waals surface area contributed by atoms with Crippen LogP contribution >= 0.6 is 11.3 Å². The van der Waals surface area contributed by atoms with Crippen LogP contribution in [0.2, 0.25) is 0 Å². The van der Waals surface area contributed by atoms with Crippen molar-refractivity contribution in [2.24, 2.45) is 5.73 Å². The second kappa shape index (κ2) is 4.35. The highest BCUT2D eigenvalue weighted by atomic mass is 32.1. The molecule has 0 spiro atoms. The number of phenolic OH excluding ortho intramolecular Hbond substituents is 1. The van der Waals surface area contributed by atoms with Gasteiger partial charge in [0.2, 0.25) is 0 Å². The van der Waals surface area contributed by atoms with Gasteiger partial charge in [-0.25, -0.2) is 0 Å². The molecule has 1 atom stereocenters. The summed E-state index contributed by atoms with van der Waals surface area (Å²) < 4.78 is 0.